The van der Waals surface area contributed by atoms with Gasteiger partial charge in [0, 0.05) is 5.02 Å². The molecule has 1 atom stereocenters. The highest BCUT2D eigenvalue weighted by Crippen LogP contribution is 2.44. The third-order valence-corrected chi connectivity index (χ3v) is 4.97. The SMILES string of the molecule is CC(NC(=O)C1(c2ccc(F)cc2)CCC1)c1cccc(Cl)c1. The molecule has 1 aliphatic rings. The van der Waals surface area contributed by atoms with E-state index in [9.17, 15) is 9.18 Å². The van der Waals surface area contributed by atoms with Gasteiger partial charge in [0.2, 0.25) is 5.91 Å². The summed E-state index contributed by atoms with van der Waals surface area (Å²) in [6, 6.07) is 13.6. The fraction of sp³-hybridized carbons (Fsp3) is 0.316. The highest BCUT2D eigenvalue weighted by molar-refractivity contribution is 6.30. The molecule has 0 aliphatic heterocycles. The molecular weight excluding hydrogens is 313 g/mol. The first-order valence-corrected chi connectivity index (χ1v) is 8.21. The van der Waals surface area contributed by atoms with Gasteiger partial charge < -0.3 is 5.32 Å². The zero-order valence-corrected chi connectivity index (χ0v) is 13.7. The van der Waals surface area contributed by atoms with Crippen LogP contribution in [0.4, 0.5) is 4.39 Å². The molecule has 2 aromatic rings. The van der Waals surface area contributed by atoms with Crippen molar-refractivity contribution in [3.63, 3.8) is 0 Å². The number of carbonyl (C=O) groups is 1. The van der Waals surface area contributed by atoms with Crippen molar-refractivity contribution in [1.82, 2.24) is 5.32 Å². The molecule has 1 N–H and O–H groups in total. The van der Waals surface area contributed by atoms with E-state index in [0.717, 1.165) is 30.4 Å². The van der Waals surface area contributed by atoms with Crippen LogP contribution in [0.25, 0.3) is 0 Å². The zero-order chi connectivity index (χ0) is 16.4. The second-order valence-electron chi connectivity index (χ2n) is 6.19. The molecule has 23 heavy (non-hydrogen) atoms. The van der Waals surface area contributed by atoms with E-state index in [-0.39, 0.29) is 17.8 Å². The van der Waals surface area contributed by atoms with Gasteiger partial charge in [-0.2, -0.15) is 0 Å². The van der Waals surface area contributed by atoms with Gasteiger partial charge in [-0.3, -0.25) is 4.79 Å². The maximum absolute atomic E-state index is 13.2. The molecule has 4 heteroatoms. The Bertz CT molecular complexity index is 710. The van der Waals surface area contributed by atoms with Crippen LogP contribution in [-0.2, 0) is 10.2 Å². The summed E-state index contributed by atoms with van der Waals surface area (Å²) in [7, 11) is 0. The molecule has 1 saturated carbocycles. The molecule has 0 saturated heterocycles. The quantitative estimate of drug-likeness (QED) is 0.858. The molecule has 120 valence electrons. The lowest BCUT2D eigenvalue weighted by Crippen LogP contribution is -2.49. The van der Waals surface area contributed by atoms with Crippen LogP contribution in [-0.4, -0.2) is 5.91 Å². The molecule has 0 heterocycles. The van der Waals surface area contributed by atoms with Crippen molar-refractivity contribution in [1.29, 1.82) is 0 Å². The van der Waals surface area contributed by atoms with Crippen molar-refractivity contribution in [2.75, 3.05) is 0 Å². The minimum atomic E-state index is -0.527. The Hall–Kier alpha value is -1.87. The molecule has 0 bridgehead atoms. The van der Waals surface area contributed by atoms with Gasteiger partial charge in [-0.05, 0) is 55.2 Å². The molecule has 2 aromatic carbocycles. The van der Waals surface area contributed by atoms with E-state index in [2.05, 4.69) is 5.32 Å². The van der Waals surface area contributed by atoms with Crippen LogP contribution in [0.5, 0.6) is 0 Å². The lowest BCUT2D eigenvalue weighted by Gasteiger charge is -2.41. The van der Waals surface area contributed by atoms with Gasteiger partial charge in [-0.25, -0.2) is 4.39 Å². The van der Waals surface area contributed by atoms with Crippen LogP contribution in [0.15, 0.2) is 48.5 Å². The van der Waals surface area contributed by atoms with E-state index in [1.54, 1.807) is 12.1 Å². The second kappa shape index (κ2) is 6.32. The van der Waals surface area contributed by atoms with Gasteiger partial charge in [-0.15, -0.1) is 0 Å². The summed E-state index contributed by atoms with van der Waals surface area (Å²) in [6.07, 6.45) is 2.61. The van der Waals surface area contributed by atoms with E-state index in [1.807, 2.05) is 31.2 Å². The second-order valence-corrected chi connectivity index (χ2v) is 6.63. The van der Waals surface area contributed by atoms with Gasteiger partial charge in [0.1, 0.15) is 5.82 Å². The highest BCUT2D eigenvalue weighted by atomic mass is 35.5. The lowest BCUT2D eigenvalue weighted by molar-refractivity contribution is -0.130. The molecule has 0 aromatic heterocycles. The summed E-state index contributed by atoms with van der Waals surface area (Å²) in [4.78, 5) is 12.9. The maximum Gasteiger partial charge on any atom is 0.231 e. The first kappa shape index (κ1) is 16.0. The molecule has 1 aliphatic carbocycles. The average Bonchev–Trinajstić information content (AvgIpc) is 2.48. The predicted molar refractivity (Wildman–Crippen MR) is 89.9 cm³/mol. The molecule has 0 spiro atoms. The summed E-state index contributed by atoms with van der Waals surface area (Å²) in [5.74, 6) is -0.279. The van der Waals surface area contributed by atoms with Crippen LogP contribution >= 0.6 is 11.6 Å². The fourth-order valence-electron chi connectivity index (χ4n) is 3.14. The van der Waals surface area contributed by atoms with Crippen molar-refractivity contribution in [3.05, 3.63) is 70.5 Å². The van der Waals surface area contributed by atoms with Crippen LogP contribution < -0.4 is 5.32 Å². The van der Waals surface area contributed by atoms with Crippen molar-refractivity contribution >= 4 is 17.5 Å². The zero-order valence-electron chi connectivity index (χ0n) is 13.0. The van der Waals surface area contributed by atoms with Gasteiger partial charge in [0.05, 0.1) is 11.5 Å². The number of halogens is 2. The van der Waals surface area contributed by atoms with Crippen LogP contribution in [0.2, 0.25) is 5.02 Å². The Kier molecular flexibility index (Phi) is 4.40. The van der Waals surface area contributed by atoms with Gasteiger partial charge in [0.15, 0.2) is 0 Å². The first-order valence-electron chi connectivity index (χ1n) is 7.84. The third kappa shape index (κ3) is 3.11. The van der Waals surface area contributed by atoms with Gasteiger partial charge >= 0.3 is 0 Å². The smallest absolute Gasteiger partial charge is 0.231 e. The Morgan fingerprint density at radius 1 is 1.22 bits per heavy atom. The lowest BCUT2D eigenvalue weighted by atomic mass is 9.63. The predicted octanol–water partition coefficient (Wildman–Crippen LogP) is 4.78. The van der Waals surface area contributed by atoms with E-state index in [1.165, 1.54) is 12.1 Å². The number of hydrogen-bond acceptors (Lipinski definition) is 1. The molecule has 3 rings (SSSR count). The number of nitrogens with one attached hydrogen (secondary N) is 1. The third-order valence-electron chi connectivity index (χ3n) is 4.73. The number of rotatable bonds is 4. The minimum Gasteiger partial charge on any atom is -0.349 e. The molecule has 1 amide bonds. The van der Waals surface area contributed by atoms with Crippen LogP contribution in [0.3, 0.4) is 0 Å². The Balaban J connectivity index is 1.79. The minimum absolute atomic E-state index is 0.00262. The number of amides is 1. The van der Waals surface area contributed by atoms with Crippen molar-refractivity contribution in [3.8, 4) is 0 Å². The van der Waals surface area contributed by atoms with Crippen molar-refractivity contribution in [2.45, 2.75) is 37.6 Å². The molecule has 2 nitrogen and oxygen atoms in total. The summed E-state index contributed by atoms with van der Waals surface area (Å²) in [6.45, 7) is 1.95. The summed E-state index contributed by atoms with van der Waals surface area (Å²) in [5, 5.41) is 3.74. The largest absolute Gasteiger partial charge is 0.349 e. The topological polar surface area (TPSA) is 29.1 Å². The van der Waals surface area contributed by atoms with Crippen molar-refractivity contribution in [2.24, 2.45) is 0 Å². The van der Waals surface area contributed by atoms with Crippen LogP contribution in [0, 0.1) is 5.82 Å². The molecule has 1 unspecified atom stereocenters. The summed E-state index contributed by atoms with van der Waals surface area (Å²) >= 11 is 6.02. The van der Waals surface area contributed by atoms with E-state index in [0.29, 0.717) is 5.02 Å². The van der Waals surface area contributed by atoms with E-state index < -0.39 is 5.41 Å². The number of hydrogen-bond donors (Lipinski definition) is 1. The first-order chi connectivity index (χ1) is 11.0. The molecular formula is C19H19ClFNO. The van der Waals surface area contributed by atoms with Crippen LogP contribution in [0.1, 0.15) is 43.4 Å². The fourth-order valence-corrected chi connectivity index (χ4v) is 3.34. The van der Waals surface area contributed by atoms with Crippen molar-refractivity contribution < 1.29 is 9.18 Å². The monoisotopic (exact) mass is 331 g/mol. The Labute approximate surface area is 140 Å². The van der Waals surface area contributed by atoms with Gasteiger partial charge in [-0.1, -0.05) is 42.3 Å². The van der Waals surface area contributed by atoms with E-state index >= 15 is 0 Å². The average molecular weight is 332 g/mol. The summed E-state index contributed by atoms with van der Waals surface area (Å²) in [5.41, 5.74) is 1.33. The molecule has 1 fully saturated rings. The summed E-state index contributed by atoms with van der Waals surface area (Å²) < 4.78 is 13.2. The highest BCUT2D eigenvalue weighted by Gasteiger charge is 2.45. The Morgan fingerprint density at radius 3 is 2.48 bits per heavy atom. The van der Waals surface area contributed by atoms with Gasteiger partial charge in [0.25, 0.3) is 0 Å². The maximum atomic E-state index is 13.2. The standard InChI is InChI=1S/C19H19ClFNO/c1-13(14-4-2-5-16(20)12-14)22-18(23)19(10-3-11-19)15-6-8-17(21)9-7-15/h2,4-9,12-13H,3,10-11H2,1H3,(H,22,23). The normalized spacial score (nSPS) is 17.2. The number of carbonyl (C=O) groups excluding carboxylic acids is 1. The number of benzene rings is 2. The Morgan fingerprint density at radius 2 is 1.91 bits per heavy atom. The molecule has 0 radical (unpaired) electrons. The van der Waals surface area contributed by atoms with E-state index in [4.69, 9.17) is 11.6 Å².